The predicted molar refractivity (Wildman–Crippen MR) is 102 cm³/mol. The summed E-state index contributed by atoms with van der Waals surface area (Å²) in [5, 5.41) is 5.26. The number of benzene rings is 1. The summed E-state index contributed by atoms with van der Waals surface area (Å²) in [6.07, 6.45) is 5.61. The van der Waals surface area contributed by atoms with Gasteiger partial charge in [-0.1, -0.05) is 18.6 Å². The van der Waals surface area contributed by atoms with E-state index in [1.165, 1.54) is 17.8 Å². The standard InChI is InChI=1S/C20H25N3O2S/c21-15-8-13-4-3-5-14(9-15)19(13)23-20(24)17-6-1-2-7-18(17)25-10-16-11-26-12-22-16/h1-2,6-7,11-15,19H,3-5,8-10,21H2,(H,23,24). The number of carbonyl (C=O) groups excluding carboxylic acids is 1. The van der Waals surface area contributed by atoms with Crippen LogP contribution in [0.2, 0.25) is 0 Å². The molecule has 0 saturated heterocycles. The van der Waals surface area contributed by atoms with E-state index in [1.54, 1.807) is 5.51 Å². The molecule has 3 N–H and O–H groups in total. The molecule has 5 nitrogen and oxygen atoms in total. The number of thiazole rings is 1. The summed E-state index contributed by atoms with van der Waals surface area (Å²) in [5.74, 6) is 1.57. The minimum Gasteiger partial charge on any atom is -0.486 e. The van der Waals surface area contributed by atoms with E-state index in [-0.39, 0.29) is 18.0 Å². The Labute approximate surface area is 158 Å². The molecule has 2 aliphatic rings. The summed E-state index contributed by atoms with van der Waals surface area (Å²) in [6.45, 7) is 0.372. The Bertz CT molecular complexity index is 735. The number of ether oxygens (including phenoxy) is 1. The van der Waals surface area contributed by atoms with Gasteiger partial charge in [0.2, 0.25) is 0 Å². The second-order valence-corrected chi connectivity index (χ2v) is 8.17. The first-order valence-electron chi connectivity index (χ1n) is 9.36. The lowest BCUT2D eigenvalue weighted by atomic mass is 9.67. The third-order valence-corrected chi connectivity index (χ3v) is 6.30. The normalized spacial score (nSPS) is 27.7. The van der Waals surface area contributed by atoms with Gasteiger partial charge in [-0.25, -0.2) is 4.98 Å². The molecular formula is C20H25N3O2S. The second kappa shape index (κ2) is 7.76. The summed E-state index contributed by atoms with van der Waals surface area (Å²) < 4.78 is 5.87. The summed E-state index contributed by atoms with van der Waals surface area (Å²) in [4.78, 5) is 17.2. The van der Waals surface area contributed by atoms with Crippen LogP contribution in [0.15, 0.2) is 35.2 Å². The topological polar surface area (TPSA) is 77.2 Å². The fraction of sp³-hybridized carbons (Fsp3) is 0.500. The summed E-state index contributed by atoms with van der Waals surface area (Å²) in [6, 6.07) is 7.97. The quantitative estimate of drug-likeness (QED) is 0.845. The molecule has 2 aromatic rings. The maximum Gasteiger partial charge on any atom is 0.255 e. The van der Waals surface area contributed by atoms with Crippen molar-refractivity contribution in [3.63, 3.8) is 0 Å². The molecule has 2 atom stereocenters. The van der Waals surface area contributed by atoms with Crippen molar-refractivity contribution >= 4 is 17.2 Å². The number of fused-ring (bicyclic) bond motifs is 2. The Morgan fingerprint density at radius 2 is 2.04 bits per heavy atom. The van der Waals surface area contributed by atoms with E-state index in [1.807, 2.05) is 29.6 Å². The van der Waals surface area contributed by atoms with Gasteiger partial charge in [0.15, 0.2) is 0 Å². The van der Waals surface area contributed by atoms with Gasteiger partial charge in [-0.05, 0) is 49.7 Å². The highest BCUT2D eigenvalue weighted by Gasteiger charge is 2.40. The van der Waals surface area contributed by atoms with Crippen LogP contribution in [0.5, 0.6) is 5.75 Å². The van der Waals surface area contributed by atoms with Crippen molar-refractivity contribution in [3.8, 4) is 5.75 Å². The number of nitrogens with one attached hydrogen (secondary N) is 1. The van der Waals surface area contributed by atoms with E-state index in [4.69, 9.17) is 10.5 Å². The van der Waals surface area contributed by atoms with Crippen molar-refractivity contribution in [1.82, 2.24) is 10.3 Å². The van der Waals surface area contributed by atoms with Gasteiger partial charge < -0.3 is 15.8 Å². The van der Waals surface area contributed by atoms with Crippen LogP contribution in [0.25, 0.3) is 0 Å². The average molecular weight is 372 g/mol. The van der Waals surface area contributed by atoms with E-state index in [0.717, 1.165) is 31.4 Å². The maximum atomic E-state index is 13.0. The number of nitrogens with zero attached hydrogens (tertiary/aromatic N) is 1. The molecule has 2 aliphatic carbocycles. The molecule has 1 aromatic heterocycles. The molecule has 0 aliphatic heterocycles. The van der Waals surface area contributed by atoms with Crippen molar-refractivity contribution in [2.45, 2.75) is 50.8 Å². The average Bonchev–Trinajstić information content (AvgIpc) is 3.14. The lowest BCUT2D eigenvalue weighted by Crippen LogP contribution is -2.53. The van der Waals surface area contributed by atoms with E-state index >= 15 is 0 Å². The fourth-order valence-corrected chi connectivity index (χ4v) is 5.04. The summed E-state index contributed by atoms with van der Waals surface area (Å²) in [5.41, 5.74) is 9.45. The smallest absolute Gasteiger partial charge is 0.255 e. The SMILES string of the molecule is NC1CC2CCCC(C1)C2NC(=O)c1ccccc1OCc1cscn1. The number of rotatable bonds is 5. The highest BCUT2D eigenvalue weighted by atomic mass is 32.1. The Morgan fingerprint density at radius 1 is 1.27 bits per heavy atom. The van der Waals surface area contributed by atoms with Crippen LogP contribution in [0, 0.1) is 11.8 Å². The number of amides is 1. The molecule has 2 bridgehead atoms. The number of hydrogen-bond acceptors (Lipinski definition) is 5. The van der Waals surface area contributed by atoms with Gasteiger partial charge in [0.1, 0.15) is 12.4 Å². The van der Waals surface area contributed by atoms with Gasteiger partial charge >= 0.3 is 0 Å². The minimum absolute atomic E-state index is 0.0451. The Morgan fingerprint density at radius 3 is 2.77 bits per heavy atom. The Balaban J connectivity index is 1.46. The van der Waals surface area contributed by atoms with Crippen LogP contribution < -0.4 is 15.8 Å². The van der Waals surface area contributed by atoms with Crippen molar-refractivity contribution < 1.29 is 9.53 Å². The zero-order valence-corrected chi connectivity index (χ0v) is 15.6. The third-order valence-electron chi connectivity index (χ3n) is 5.67. The fourth-order valence-electron chi connectivity index (χ4n) is 4.49. The van der Waals surface area contributed by atoms with Gasteiger partial charge in [-0.15, -0.1) is 11.3 Å². The molecule has 2 fully saturated rings. The zero-order chi connectivity index (χ0) is 17.9. The molecule has 4 rings (SSSR count). The van der Waals surface area contributed by atoms with Gasteiger partial charge in [0, 0.05) is 17.5 Å². The van der Waals surface area contributed by atoms with E-state index in [2.05, 4.69) is 10.3 Å². The molecule has 2 saturated carbocycles. The van der Waals surface area contributed by atoms with Crippen molar-refractivity contribution in [2.75, 3.05) is 0 Å². The molecule has 6 heteroatoms. The van der Waals surface area contributed by atoms with Crippen molar-refractivity contribution in [3.05, 3.63) is 46.4 Å². The van der Waals surface area contributed by atoms with E-state index in [9.17, 15) is 4.79 Å². The van der Waals surface area contributed by atoms with E-state index < -0.39 is 0 Å². The van der Waals surface area contributed by atoms with Crippen molar-refractivity contribution in [1.29, 1.82) is 0 Å². The third kappa shape index (κ3) is 3.76. The number of aromatic nitrogens is 1. The van der Waals surface area contributed by atoms with Crippen LogP contribution in [0.1, 0.15) is 48.2 Å². The molecule has 2 unspecified atom stereocenters. The van der Waals surface area contributed by atoms with Crippen LogP contribution in [-0.4, -0.2) is 23.0 Å². The summed E-state index contributed by atoms with van der Waals surface area (Å²) >= 11 is 1.54. The number of para-hydroxylation sites is 1. The number of hydrogen-bond donors (Lipinski definition) is 2. The Kier molecular flexibility index (Phi) is 5.22. The van der Waals surface area contributed by atoms with Crippen LogP contribution in [-0.2, 0) is 6.61 Å². The molecule has 1 aromatic carbocycles. The molecule has 0 radical (unpaired) electrons. The predicted octanol–water partition coefficient (Wildman–Crippen LogP) is 3.36. The molecule has 0 spiro atoms. The van der Waals surface area contributed by atoms with Crippen molar-refractivity contribution in [2.24, 2.45) is 17.6 Å². The largest absolute Gasteiger partial charge is 0.486 e. The van der Waals surface area contributed by atoms with Crippen LogP contribution >= 0.6 is 11.3 Å². The first-order chi connectivity index (χ1) is 12.7. The van der Waals surface area contributed by atoms with Gasteiger partial charge in [-0.3, -0.25) is 4.79 Å². The van der Waals surface area contributed by atoms with Gasteiger partial charge in [0.25, 0.3) is 5.91 Å². The monoisotopic (exact) mass is 371 g/mol. The molecule has 1 amide bonds. The zero-order valence-electron chi connectivity index (χ0n) is 14.8. The number of nitrogens with two attached hydrogens (primary N) is 1. The lowest BCUT2D eigenvalue weighted by Gasteiger charge is -2.45. The summed E-state index contributed by atoms with van der Waals surface area (Å²) in [7, 11) is 0. The van der Waals surface area contributed by atoms with Crippen LogP contribution in [0.3, 0.4) is 0 Å². The highest BCUT2D eigenvalue weighted by Crippen LogP contribution is 2.40. The molecular weight excluding hydrogens is 346 g/mol. The molecule has 138 valence electrons. The second-order valence-electron chi connectivity index (χ2n) is 7.45. The maximum absolute atomic E-state index is 13.0. The molecule has 26 heavy (non-hydrogen) atoms. The minimum atomic E-state index is -0.0451. The first-order valence-corrected chi connectivity index (χ1v) is 10.3. The number of carbonyl (C=O) groups is 1. The first kappa shape index (κ1) is 17.5. The molecule has 1 heterocycles. The highest BCUT2D eigenvalue weighted by molar-refractivity contribution is 7.07. The van der Waals surface area contributed by atoms with Gasteiger partial charge in [0.05, 0.1) is 16.8 Å². The van der Waals surface area contributed by atoms with Crippen LogP contribution in [0.4, 0.5) is 0 Å². The Hall–Kier alpha value is -1.92. The van der Waals surface area contributed by atoms with E-state index in [0.29, 0.717) is 29.8 Å². The lowest BCUT2D eigenvalue weighted by molar-refractivity contribution is 0.0752. The van der Waals surface area contributed by atoms with Gasteiger partial charge in [-0.2, -0.15) is 0 Å².